The third-order valence-corrected chi connectivity index (χ3v) is 4.09. The van der Waals surface area contributed by atoms with Gasteiger partial charge in [0.2, 0.25) is 0 Å². The van der Waals surface area contributed by atoms with Crippen LogP contribution in [-0.2, 0) is 0 Å². The number of halogens is 3. The van der Waals surface area contributed by atoms with E-state index >= 15 is 0 Å². The molecular weight excluding hydrogens is 401 g/mol. The van der Waals surface area contributed by atoms with Gasteiger partial charge in [0.25, 0.3) is 0 Å². The van der Waals surface area contributed by atoms with Crippen molar-refractivity contribution in [2.75, 3.05) is 0 Å². The van der Waals surface area contributed by atoms with Crippen LogP contribution in [0.2, 0.25) is 0 Å². The predicted octanol–water partition coefficient (Wildman–Crippen LogP) is 5.21. The van der Waals surface area contributed by atoms with E-state index in [0.29, 0.717) is 10.2 Å². The van der Waals surface area contributed by atoms with Gasteiger partial charge >= 0.3 is 0 Å². The van der Waals surface area contributed by atoms with Crippen molar-refractivity contribution in [3.63, 3.8) is 0 Å². The lowest BCUT2D eigenvalue weighted by Crippen LogP contribution is -2.31. The van der Waals surface area contributed by atoms with E-state index in [1.807, 2.05) is 31.2 Å². The fourth-order valence-corrected chi connectivity index (χ4v) is 2.90. The van der Waals surface area contributed by atoms with Crippen LogP contribution >= 0.6 is 31.9 Å². The molecule has 2 aromatic rings. The number of nitrogens with two attached hydrogens (primary N) is 1. The zero-order valence-corrected chi connectivity index (χ0v) is 14.7. The normalized spacial score (nSPS) is 13.8. The number of benzene rings is 2. The van der Waals surface area contributed by atoms with E-state index in [4.69, 9.17) is 10.5 Å². The van der Waals surface area contributed by atoms with Crippen LogP contribution in [0.1, 0.15) is 25.0 Å². The molecule has 0 radical (unpaired) electrons. The van der Waals surface area contributed by atoms with Gasteiger partial charge in [0.05, 0.1) is 0 Å². The number of rotatable bonds is 5. The molecule has 2 nitrogen and oxygen atoms in total. The summed E-state index contributed by atoms with van der Waals surface area (Å²) in [6.07, 6.45) is 0.425. The molecular formula is C16H16Br2FNO. The fourth-order valence-electron chi connectivity index (χ4n) is 2.04. The highest BCUT2D eigenvalue weighted by atomic mass is 79.9. The first kappa shape index (κ1) is 16.5. The second-order valence-electron chi connectivity index (χ2n) is 4.77. The standard InChI is InChI=1S/C16H16Br2FNO/c1-2-15(20)16(10-4-3-5-11(17)6-10)21-14-8-12(18)7-13(19)9-14/h3-9,15-16H,2,20H2,1H3. The monoisotopic (exact) mass is 415 g/mol. The summed E-state index contributed by atoms with van der Waals surface area (Å²) >= 11 is 6.71. The lowest BCUT2D eigenvalue weighted by Gasteiger charge is -2.25. The number of hydrogen-bond donors (Lipinski definition) is 1. The first-order chi connectivity index (χ1) is 9.99. The number of hydrogen-bond acceptors (Lipinski definition) is 2. The SMILES string of the molecule is CCC(N)C(Oc1cc(F)cc(Br)c1)c1cccc(Br)c1. The van der Waals surface area contributed by atoms with Crippen molar-refractivity contribution in [3.05, 3.63) is 62.8 Å². The van der Waals surface area contributed by atoms with E-state index in [-0.39, 0.29) is 18.0 Å². The van der Waals surface area contributed by atoms with Gasteiger partial charge in [-0.3, -0.25) is 0 Å². The highest BCUT2D eigenvalue weighted by molar-refractivity contribution is 9.10. The third kappa shape index (κ3) is 4.53. The molecule has 0 aliphatic heterocycles. The Morgan fingerprint density at radius 2 is 1.90 bits per heavy atom. The molecule has 2 rings (SSSR count). The molecule has 0 saturated heterocycles. The van der Waals surface area contributed by atoms with E-state index in [9.17, 15) is 4.39 Å². The van der Waals surface area contributed by atoms with E-state index < -0.39 is 0 Å². The highest BCUT2D eigenvalue weighted by Crippen LogP contribution is 2.29. The minimum Gasteiger partial charge on any atom is -0.484 e. The Kier molecular flexibility index (Phi) is 5.79. The molecule has 2 aromatic carbocycles. The van der Waals surface area contributed by atoms with Crippen LogP contribution in [-0.4, -0.2) is 6.04 Å². The summed E-state index contributed by atoms with van der Waals surface area (Å²) in [6.45, 7) is 2.00. The Balaban J connectivity index is 2.32. The molecule has 0 bridgehead atoms. The zero-order valence-electron chi connectivity index (χ0n) is 11.5. The summed E-state index contributed by atoms with van der Waals surface area (Å²) in [5.74, 6) is 0.105. The maximum Gasteiger partial charge on any atom is 0.139 e. The Morgan fingerprint density at radius 1 is 1.14 bits per heavy atom. The average Bonchev–Trinajstić information content (AvgIpc) is 2.43. The van der Waals surface area contributed by atoms with E-state index in [1.54, 1.807) is 6.07 Å². The van der Waals surface area contributed by atoms with Crippen molar-refractivity contribution >= 4 is 31.9 Å². The van der Waals surface area contributed by atoms with Gasteiger partial charge in [0.15, 0.2) is 0 Å². The number of ether oxygens (including phenoxy) is 1. The third-order valence-electron chi connectivity index (χ3n) is 3.14. The van der Waals surface area contributed by atoms with Gasteiger partial charge in [0.1, 0.15) is 17.7 Å². The first-order valence-electron chi connectivity index (χ1n) is 6.63. The smallest absolute Gasteiger partial charge is 0.139 e. The van der Waals surface area contributed by atoms with Crippen molar-refractivity contribution in [2.24, 2.45) is 5.73 Å². The molecule has 5 heteroatoms. The Labute approximate surface area is 140 Å². The van der Waals surface area contributed by atoms with Crippen molar-refractivity contribution < 1.29 is 9.13 Å². The average molecular weight is 417 g/mol. The molecule has 2 unspecified atom stereocenters. The second-order valence-corrected chi connectivity index (χ2v) is 6.60. The molecule has 112 valence electrons. The molecule has 0 aliphatic carbocycles. The molecule has 0 aliphatic rings. The van der Waals surface area contributed by atoms with Crippen LogP contribution in [0.3, 0.4) is 0 Å². The van der Waals surface area contributed by atoms with Crippen molar-refractivity contribution in [1.29, 1.82) is 0 Å². The van der Waals surface area contributed by atoms with Crippen LogP contribution in [0.15, 0.2) is 51.4 Å². The second kappa shape index (κ2) is 7.38. The van der Waals surface area contributed by atoms with Gasteiger partial charge in [-0.2, -0.15) is 0 Å². The largest absolute Gasteiger partial charge is 0.484 e. The molecule has 2 N–H and O–H groups in total. The summed E-state index contributed by atoms with van der Waals surface area (Å²) < 4.78 is 21.0. The lowest BCUT2D eigenvalue weighted by molar-refractivity contribution is 0.170. The topological polar surface area (TPSA) is 35.2 Å². The molecule has 0 spiro atoms. The highest BCUT2D eigenvalue weighted by Gasteiger charge is 2.21. The zero-order chi connectivity index (χ0) is 15.4. The van der Waals surface area contributed by atoms with Gasteiger partial charge in [-0.25, -0.2) is 4.39 Å². The maximum absolute atomic E-state index is 13.5. The molecule has 0 fully saturated rings. The van der Waals surface area contributed by atoms with Crippen LogP contribution in [0, 0.1) is 5.82 Å². The van der Waals surface area contributed by atoms with Gasteiger partial charge in [-0.05, 0) is 36.2 Å². The van der Waals surface area contributed by atoms with Crippen molar-refractivity contribution in [1.82, 2.24) is 0 Å². The quantitative estimate of drug-likeness (QED) is 0.726. The Morgan fingerprint density at radius 3 is 2.52 bits per heavy atom. The summed E-state index contributed by atoms with van der Waals surface area (Å²) in [6, 6.07) is 12.1. The van der Waals surface area contributed by atoms with Crippen LogP contribution < -0.4 is 10.5 Å². The summed E-state index contributed by atoms with van der Waals surface area (Å²) in [7, 11) is 0. The Bertz CT molecular complexity index is 601. The van der Waals surface area contributed by atoms with Gasteiger partial charge in [0, 0.05) is 21.1 Å². The molecule has 0 heterocycles. The minimum absolute atomic E-state index is 0.179. The molecule has 0 amide bonds. The predicted molar refractivity (Wildman–Crippen MR) is 89.9 cm³/mol. The molecule has 2 atom stereocenters. The van der Waals surface area contributed by atoms with E-state index in [1.165, 1.54) is 12.1 Å². The maximum atomic E-state index is 13.5. The lowest BCUT2D eigenvalue weighted by atomic mass is 10.0. The van der Waals surface area contributed by atoms with E-state index in [0.717, 1.165) is 16.5 Å². The van der Waals surface area contributed by atoms with Crippen LogP contribution in [0.5, 0.6) is 5.75 Å². The minimum atomic E-state index is -0.350. The van der Waals surface area contributed by atoms with Crippen molar-refractivity contribution in [2.45, 2.75) is 25.5 Å². The Hall–Kier alpha value is -0.910. The van der Waals surface area contributed by atoms with Gasteiger partial charge in [-0.1, -0.05) is 50.9 Å². The van der Waals surface area contributed by atoms with Gasteiger partial charge in [-0.15, -0.1) is 0 Å². The first-order valence-corrected chi connectivity index (χ1v) is 8.22. The molecule has 0 saturated carbocycles. The summed E-state index contributed by atoms with van der Waals surface area (Å²) in [5, 5.41) is 0. The van der Waals surface area contributed by atoms with Crippen molar-refractivity contribution in [3.8, 4) is 5.75 Å². The van der Waals surface area contributed by atoms with E-state index in [2.05, 4.69) is 31.9 Å². The van der Waals surface area contributed by atoms with Crippen LogP contribution in [0.25, 0.3) is 0 Å². The fraction of sp³-hybridized carbons (Fsp3) is 0.250. The summed E-state index contributed by atoms with van der Waals surface area (Å²) in [4.78, 5) is 0. The molecule has 0 aromatic heterocycles. The van der Waals surface area contributed by atoms with Crippen LogP contribution in [0.4, 0.5) is 4.39 Å². The molecule has 21 heavy (non-hydrogen) atoms. The summed E-state index contributed by atoms with van der Waals surface area (Å²) in [5.41, 5.74) is 7.13. The van der Waals surface area contributed by atoms with Gasteiger partial charge < -0.3 is 10.5 Å².